The van der Waals surface area contributed by atoms with Crippen molar-refractivity contribution in [2.75, 3.05) is 20.3 Å². The smallest absolute Gasteiger partial charge is 0.252 e. The van der Waals surface area contributed by atoms with Gasteiger partial charge in [0.05, 0.1) is 30.4 Å². The first-order valence-corrected chi connectivity index (χ1v) is 10.0. The minimum absolute atomic E-state index is 0.0614. The molecule has 3 aromatic rings. The highest BCUT2D eigenvalue weighted by atomic mass is 16.5. The molecule has 0 spiro atoms. The number of carbonyl (C=O) groups excluding carboxylic acids is 1. The maximum atomic E-state index is 13.1. The van der Waals surface area contributed by atoms with E-state index in [1.807, 2.05) is 41.1 Å². The molecule has 0 bridgehead atoms. The van der Waals surface area contributed by atoms with E-state index in [9.17, 15) is 4.79 Å². The second-order valence-corrected chi connectivity index (χ2v) is 7.33. The van der Waals surface area contributed by atoms with Gasteiger partial charge in [-0.25, -0.2) is 9.97 Å². The predicted octanol–water partition coefficient (Wildman–Crippen LogP) is 3.12. The fourth-order valence-corrected chi connectivity index (χ4v) is 3.81. The van der Waals surface area contributed by atoms with E-state index in [0.29, 0.717) is 24.6 Å². The fraction of sp³-hybridized carbons (Fsp3) is 0.409. The van der Waals surface area contributed by atoms with Crippen molar-refractivity contribution in [1.29, 1.82) is 0 Å². The van der Waals surface area contributed by atoms with Crippen LogP contribution in [0.2, 0.25) is 0 Å². The standard InChI is InChI=1S/C22H26N4O3/c1-28-12-13-29-17-8-6-16(7-9-17)24-22(27)19-14-21(26-11-10-23-15-26)25-20-5-3-2-4-18(19)20/h2-5,10-11,14-17H,6-9,12-13H2,1H3,(H,24,27). The van der Waals surface area contributed by atoms with Crippen LogP contribution >= 0.6 is 0 Å². The summed E-state index contributed by atoms with van der Waals surface area (Å²) in [6.07, 6.45) is 9.20. The Hall–Kier alpha value is -2.77. The highest BCUT2D eigenvalue weighted by Gasteiger charge is 2.24. The molecule has 0 unspecified atom stereocenters. The average Bonchev–Trinajstić information content (AvgIpc) is 3.29. The van der Waals surface area contributed by atoms with Crippen LogP contribution in [0.15, 0.2) is 49.1 Å². The molecular weight excluding hydrogens is 368 g/mol. The van der Waals surface area contributed by atoms with Crippen molar-refractivity contribution in [1.82, 2.24) is 19.9 Å². The van der Waals surface area contributed by atoms with Crippen molar-refractivity contribution >= 4 is 16.8 Å². The molecular formula is C22H26N4O3. The van der Waals surface area contributed by atoms with Crippen LogP contribution in [0.25, 0.3) is 16.7 Å². The number of para-hydroxylation sites is 1. The summed E-state index contributed by atoms with van der Waals surface area (Å²) in [5.41, 5.74) is 1.43. The number of fused-ring (bicyclic) bond motifs is 1. The van der Waals surface area contributed by atoms with Crippen molar-refractivity contribution in [3.05, 3.63) is 54.6 Å². The van der Waals surface area contributed by atoms with Crippen molar-refractivity contribution in [2.45, 2.75) is 37.8 Å². The van der Waals surface area contributed by atoms with E-state index in [-0.39, 0.29) is 18.1 Å². The van der Waals surface area contributed by atoms with Crippen LogP contribution in [0, 0.1) is 0 Å². The molecule has 2 aromatic heterocycles. The van der Waals surface area contributed by atoms with Crippen LogP contribution in [0.5, 0.6) is 0 Å². The number of hydrogen-bond acceptors (Lipinski definition) is 5. The normalized spacial score (nSPS) is 19.3. The number of methoxy groups -OCH3 is 1. The zero-order valence-corrected chi connectivity index (χ0v) is 16.6. The topological polar surface area (TPSA) is 78.3 Å². The molecule has 0 atom stereocenters. The van der Waals surface area contributed by atoms with Gasteiger partial charge in [0.15, 0.2) is 0 Å². The molecule has 1 amide bonds. The number of aromatic nitrogens is 3. The number of nitrogens with one attached hydrogen (secondary N) is 1. The van der Waals surface area contributed by atoms with Gasteiger partial charge >= 0.3 is 0 Å². The molecule has 0 saturated heterocycles. The van der Waals surface area contributed by atoms with Gasteiger partial charge in [0, 0.05) is 30.9 Å². The number of benzene rings is 1. The molecule has 7 heteroatoms. The summed E-state index contributed by atoms with van der Waals surface area (Å²) < 4.78 is 12.7. The van der Waals surface area contributed by atoms with Gasteiger partial charge < -0.3 is 14.8 Å². The van der Waals surface area contributed by atoms with E-state index in [2.05, 4.69) is 15.3 Å². The van der Waals surface area contributed by atoms with Crippen molar-refractivity contribution in [2.24, 2.45) is 0 Å². The van der Waals surface area contributed by atoms with Crippen molar-refractivity contribution in [3.8, 4) is 5.82 Å². The number of pyridine rings is 1. The third-order valence-electron chi connectivity index (χ3n) is 5.37. The predicted molar refractivity (Wildman–Crippen MR) is 110 cm³/mol. The Morgan fingerprint density at radius 1 is 1.21 bits per heavy atom. The highest BCUT2D eigenvalue weighted by molar-refractivity contribution is 6.06. The van der Waals surface area contributed by atoms with E-state index in [4.69, 9.17) is 9.47 Å². The molecule has 1 fully saturated rings. The van der Waals surface area contributed by atoms with Gasteiger partial charge in [-0.3, -0.25) is 9.36 Å². The fourth-order valence-electron chi connectivity index (χ4n) is 3.81. The molecule has 29 heavy (non-hydrogen) atoms. The molecule has 4 rings (SSSR count). The lowest BCUT2D eigenvalue weighted by molar-refractivity contribution is -0.00408. The monoisotopic (exact) mass is 394 g/mol. The molecule has 2 heterocycles. The molecule has 7 nitrogen and oxygen atoms in total. The average molecular weight is 394 g/mol. The van der Waals surface area contributed by atoms with E-state index >= 15 is 0 Å². The van der Waals surface area contributed by atoms with Crippen LogP contribution in [-0.4, -0.2) is 52.9 Å². The zero-order valence-electron chi connectivity index (χ0n) is 16.6. The second kappa shape index (κ2) is 9.15. The van der Waals surface area contributed by atoms with Crippen LogP contribution in [0.4, 0.5) is 0 Å². The summed E-state index contributed by atoms with van der Waals surface area (Å²) in [7, 11) is 1.68. The van der Waals surface area contributed by atoms with Gasteiger partial charge in [-0.15, -0.1) is 0 Å². The van der Waals surface area contributed by atoms with Gasteiger partial charge in [-0.2, -0.15) is 0 Å². The summed E-state index contributed by atoms with van der Waals surface area (Å²) in [5.74, 6) is 0.621. The van der Waals surface area contributed by atoms with Crippen LogP contribution in [0.3, 0.4) is 0 Å². The lowest BCUT2D eigenvalue weighted by Gasteiger charge is -2.29. The largest absolute Gasteiger partial charge is 0.382 e. The molecule has 1 aliphatic rings. The summed E-state index contributed by atoms with van der Waals surface area (Å²) >= 11 is 0. The summed E-state index contributed by atoms with van der Waals surface area (Å²) in [5, 5.41) is 4.07. The van der Waals surface area contributed by atoms with E-state index < -0.39 is 0 Å². The Bertz CT molecular complexity index is 950. The van der Waals surface area contributed by atoms with Crippen LogP contribution in [-0.2, 0) is 9.47 Å². The zero-order chi connectivity index (χ0) is 20.1. The summed E-state index contributed by atoms with van der Waals surface area (Å²) in [6.45, 7) is 1.24. The first kappa shape index (κ1) is 19.5. The van der Waals surface area contributed by atoms with Crippen LogP contribution in [0.1, 0.15) is 36.0 Å². The highest BCUT2D eigenvalue weighted by Crippen LogP contribution is 2.24. The number of amides is 1. The molecule has 152 valence electrons. The van der Waals surface area contributed by atoms with Crippen molar-refractivity contribution < 1.29 is 14.3 Å². The quantitative estimate of drug-likeness (QED) is 0.623. The van der Waals surface area contributed by atoms with Gasteiger partial charge in [0.25, 0.3) is 5.91 Å². The Kier molecular flexibility index (Phi) is 6.17. The SMILES string of the molecule is COCCOC1CCC(NC(=O)c2cc(-n3ccnc3)nc3ccccc23)CC1. The van der Waals surface area contributed by atoms with Crippen molar-refractivity contribution in [3.63, 3.8) is 0 Å². The van der Waals surface area contributed by atoms with Gasteiger partial charge in [0.1, 0.15) is 12.1 Å². The molecule has 0 aliphatic heterocycles. The first-order chi connectivity index (χ1) is 14.2. The van der Waals surface area contributed by atoms with Gasteiger partial charge in [-0.05, 0) is 37.8 Å². The van der Waals surface area contributed by atoms with E-state index in [1.54, 1.807) is 19.6 Å². The second-order valence-electron chi connectivity index (χ2n) is 7.33. The number of carbonyl (C=O) groups is 1. The Morgan fingerprint density at radius 3 is 2.79 bits per heavy atom. The lowest BCUT2D eigenvalue weighted by Crippen LogP contribution is -2.39. The first-order valence-electron chi connectivity index (χ1n) is 10.0. The number of rotatable bonds is 7. The maximum absolute atomic E-state index is 13.1. The number of hydrogen-bond donors (Lipinski definition) is 1. The molecule has 0 radical (unpaired) electrons. The summed E-state index contributed by atoms with van der Waals surface area (Å²) in [6, 6.07) is 9.72. The summed E-state index contributed by atoms with van der Waals surface area (Å²) in [4.78, 5) is 21.9. The Balaban J connectivity index is 1.47. The third kappa shape index (κ3) is 4.63. The minimum Gasteiger partial charge on any atom is -0.382 e. The number of ether oxygens (including phenoxy) is 2. The number of imidazole rings is 1. The molecule has 1 aromatic carbocycles. The van der Waals surface area contributed by atoms with E-state index in [0.717, 1.165) is 36.6 Å². The molecule has 1 N–H and O–H groups in total. The molecule has 1 aliphatic carbocycles. The third-order valence-corrected chi connectivity index (χ3v) is 5.37. The Labute approximate surface area is 170 Å². The van der Waals surface area contributed by atoms with E-state index in [1.165, 1.54) is 0 Å². The number of nitrogens with zero attached hydrogens (tertiary/aromatic N) is 3. The molecule has 1 saturated carbocycles. The lowest BCUT2D eigenvalue weighted by atomic mass is 9.92. The maximum Gasteiger partial charge on any atom is 0.252 e. The van der Waals surface area contributed by atoms with Gasteiger partial charge in [-0.1, -0.05) is 18.2 Å². The minimum atomic E-state index is -0.0614. The Morgan fingerprint density at radius 2 is 2.03 bits per heavy atom. The van der Waals surface area contributed by atoms with Crippen LogP contribution < -0.4 is 5.32 Å². The van der Waals surface area contributed by atoms with Gasteiger partial charge in [0.2, 0.25) is 0 Å².